The lowest BCUT2D eigenvalue weighted by molar-refractivity contribution is 0.0901. The van der Waals surface area contributed by atoms with Gasteiger partial charge in [-0.05, 0) is 63.4 Å². The molecule has 1 saturated carbocycles. The second kappa shape index (κ2) is 9.60. The van der Waals surface area contributed by atoms with E-state index in [1.54, 1.807) is 25.3 Å². The number of carbonyl (C=O) groups excluding carboxylic acids is 1. The highest BCUT2D eigenvalue weighted by molar-refractivity contribution is 7.89. The zero-order valence-electron chi connectivity index (χ0n) is 20.1. The minimum Gasteiger partial charge on any atom is -0.496 e. The summed E-state index contributed by atoms with van der Waals surface area (Å²) in [4.78, 5) is 15.5. The van der Waals surface area contributed by atoms with Gasteiger partial charge in [-0.15, -0.1) is 0 Å². The summed E-state index contributed by atoms with van der Waals surface area (Å²) in [6.45, 7) is 8.15. The summed E-state index contributed by atoms with van der Waals surface area (Å²) in [5.41, 5.74) is 3.83. The zero-order valence-corrected chi connectivity index (χ0v) is 21.0. The monoisotopic (exact) mass is 473 g/mol. The van der Waals surface area contributed by atoms with Crippen molar-refractivity contribution >= 4 is 15.8 Å². The minimum atomic E-state index is -3.57. The molecule has 2 heterocycles. The standard InChI is InChI=1S/C25H35N3O4S/c1-18-15-22(9-10-25(18)32-4)33(30,31)27-13-11-26(12-14-27)17-24(29)23-16-19(2)28(20(23)3)21-7-5-6-8-21/h9-10,15-16,21H,5-8,11-14,17H2,1-4H3. The number of carbonyl (C=O) groups is 1. The summed E-state index contributed by atoms with van der Waals surface area (Å²) in [6.07, 6.45) is 4.89. The molecular formula is C25H35N3O4S. The van der Waals surface area contributed by atoms with Crippen LogP contribution < -0.4 is 4.74 Å². The van der Waals surface area contributed by atoms with Gasteiger partial charge in [-0.1, -0.05) is 12.8 Å². The van der Waals surface area contributed by atoms with Crippen molar-refractivity contribution in [1.82, 2.24) is 13.8 Å². The molecular weight excluding hydrogens is 438 g/mol. The van der Waals surface area contributed by atoms with Crippen molar-refractivity contribution in [2.75, 3.05) is 39.8 Å². The predicted octanol–water partition coefficient (Wildman–Crippen LogP) is 3.73. The van der Waals surface area contributed by atoms with Crippen molar-refractivity contribution in [2.45, 2.75) is 57.4 Å². The lowest BCUT2D eigenvalue weighted by Crippen LogP contribution is -2.49. The molecule has 0 N–H and O–H groups in total. The summed E-state index contributed by atoms with van der Waals surface area (Å²) in [5, 5.41) is 0. The summed E-state index contributed by atoms with van der Waals surface area (Å²) in [7, 11) is -2.00. The quantitative estimate of drug-likeness (QED) is 0.573. The summed E-state index contributed by atoms with van der Waals surface area (Å²) >= 11 is 0. The molecule has 0 radical (unpaired) electrons. The lowest BCUT2D eigenvalue weighted by Gasteiger charge is -2.33. The molecule has 180 valence electrons. The molecule has 2 aliphatic rings. The lowest BCUT2D eigenvalue weighted by atomic mass is 10.1. The number of benzene rings is 1. The largest absolute Gasteiger partial charge is 0.496 e. The van der Waals surface area contributed by atoms with Gasteiger partial charge < -0.3 is 9.30 Å². The average Bonchev–Trinajstić information content (AvgIpc) is 3.41. The summed E-state index contributed by atoms with van der Waals surface area (Å²) in [6, 6.07) is 7.49. The Labute approximate surface area is 197 Å². The maximum Gasteiger partial charge on any atom is 0.243 e. The fourth-order valence-corrected chi connectivity index (χ4v) is 6.87. The number of ether oxygens (including phenoxy) is 1. The van der Waals surface area contributed by atoms with Gasteiger partial charge in [0.2, 0.25) is 10.0 Å². The Morgan fingerprint density at radius 2 is 1.70 bits per heavy atom. The molecule has 1 aromatic heterocycles. The van der Waals surface area contributed by atoms with Crippen LogP contribution in [-0.4, -0.2) is 67.8 Å². The van der Waals surface area contributed by atoms with Crippen LogP contribution in [0.15, 0.2) is 29.2 Å². The first kappa shape index (κ1) is 24.0. The fraction of sp³-hybridized carbons (Fsp3) is 0.560. The number of rotatable bonds is 7. The van der Waals surface area contributed by atoms with E-state index in [0.717, 1.165) is 22.5 Å². The third kappa shape index (κ3) is 4.74. The van der Waals surface area contributed by atoms with Crippen LogP contribution in [-0.2, 0) is 10.0 Å². The van der Waals surface area contributed by atoms with E-state index in [-0.39, 0.29) is 10.7 Å². The minimum absolute atomic E-state index is 0.120. The van der Waals surface area contributed by atoms with Crippen LogP contribution in [0.3, 0.4) is 0 Å². The van der Waals surface area contributed by atoms with Gasteiger partial charge in [0.1, 0.15) is 5.75 Å². The normalized spacial score (nSPS) is 18.7. The molecule has 2 fully saturated rings. The Morgan fingerprint density at radius 3 is 2.30 bits per heavy atom. The van der Waals surface area contributed by atoms with Crippen LogP contribution in [0.2, 0.25) is 0 Å². The van der Waals surface area contributed by atoms with Gasteiger partial charge in [0.05, 0.1) is 18.6 Å². The smallest absolute Gasteiger partial charge is 0.243 e. The van der Waals surface area contributed by atoms with Gasteiger partial charge in [0.15, 0.2) is 5.78 Å². The van der Waals surface area contributed by atoms with E-state index in [4.69, 9.17) is 4.74 Å². The maximum atomic E-state index is 13.1. The van der Waals surface area contributed by atoms with Crippen molar-refractivity contribution < 1.29 is 17.9 Å². The van der Waals surface area contributed by atoms with Gasteiger partial charge in [-0.25, -0.2) is 8.42 Å². The van der Waals surface area contributed by atoms with Crippen molar-refractivity contribution in [3.63, 3.8) is 0 Å². The van der Waals surface area contributed by atoms with E-state index in [2.05, 4.69) is 23.3 Å². The molecule has 0 spiro atoms. The third-order valence-electron chi connectivity index (χ3n) is 7.18. The molecule has 1 aliphatic heterocycles. The summed E-state index contributed by atoms with van der Waals surface area (Å²) < 4.78 is 35.3. The van der Waals surface area contributed by atoms with Gasteiger partial charge in [-0.3, -0.25) is 9.69 Å². The van der Waals surface area contributed by atoms with E-state index >= 15 is 0 Å². The van der Waals surface area contributed by atoms with Gasteiger partial charge in [-0.2, -0.15) is 4.31 Å². The number of methoxy groups -OCH3 is 1. The number of aromatic nitrogens is 1. The van der Waals surface area contributed by atoms with Crippen LogP contribution in [0.4, 0.5) is 0 Å². The second-order valence-electron chi connectivity index (χ2n) is 9.33. The van der Waals surface area contributed by atoms with Gasteiger partial charge in [0.25, 0.3) is 0 Å². The first-order valence-electron chi connectivity index (χ1n) is 11.8. The Hall–Kier alpha value is -2.16. The average molecular weight is 474 g/mol. The number of nitrogens with zero attached hydrogens (tertiary/aromatic N) is 3. The molecule has 1 saturated heterocycles. The molecule has 4 rings (SSSR count). The van der Waals surface area contributed by atoms with Crippen LogP contribution in [0.25, 0.3) is 0 Å². The zero-order chi connectivity index (χ0) is 23.8. The molecule has 33 heavy (non-hydrogen) atoms. The molecule has 0 bridgehead atoms. The van der Waals surface area contributed by atoms with Crippen LogP contribution in [0, 0.1) is 20.8 Å². The van der Waals surface area contributed by atoms with E-state index < -0.39 is 10.0 Å². The molecule has 7 nitrogen and oxygen atoms in total. The highest BCUT2D eigenvalue weighted by Gasteiger charge is 2.30. The van der Waals surface area contributed by atoms with Crippen molar-refractivity contribution in [2.24, 2.45) is 0 Å². The third-order valence-corrected chi connectivity index (χ3v) is 9.07. The van der Waals surface area contributed by atoms with Crippen LogP contribution >= 0.6 is 0 Å². The Kier molecular flexibility index (Phi) is 6.98. The Bertz CT molecular complexity index is 1120. The number of ketones is 1. The number of Topliss-reactive ketones (excluding diaryl/α,β-unsaturated/α-hetero) is 1. The molecule has 0 atom stereocenters. The number of sulfonamides is 1. The first-order chi connectivity index (χ1) is 15.7. The van der Waals surface area contributed by atoms with Crippen molar-refractivity contribution in [1.29, 1.82) is 0 Å². The fourth-order valence-electron chi connectivity index (χ4n) is 5.36. The van der Waals surface area contributed by atoms with Gasteiger partial charge >= 0.3 is 0 Å². The van der Waals surface area contributed by atoms with Gasteiger partial charge in [0, 0.05) is 49.2 Å². The first-order valence-corrected chi connectivity index (χ1v) is 13.2. The van der Waals surface area contributed by atoms with Crippen LogP contribution in [0.1, 0.15) is 59.0 Å². The highest BCUT2D eigenvalue weighted by Crippen LogP contribution is 2.33. The van der Waals surface area contributed by atoms with Crippen molar-refractivity contribution in [3.8, 4) is 5.75 Å². The van der Waals surface area contributed by atoms with Crippen LogP contribution in [0.5, 0.6) is 5.75 Å². The summed E-state index contributed by atoms with van der Waals surface area (Å²) in [5.74, 6) is 0.791. The van der Waals surface area contributed by atoms with Crippen molar-refractivity contribution in [3.05, 3.63) is 46.8 Å². The SMILES string of the molecule is COc1ccc(S(=O)(=O)N2CCN(CC(=O)c3cc(C)n(C4CCCC4)c3C)CC2)cc1C. The number of hydrogen-bond acceptors (Lipinski definition) is 5. The van der Waals surface area contributed by atoms with E-state index in [1.165, 1.54) is 30.0 Å². The van der Waals surface area contributed by atoms with E-state index in [9.17, 15) is 13.2 Å². The second-order valence-corrected chi connectivity index (χ2v) is 11.3. The maximum absolute atomic E-state index is 13.1. The molecule has 1 aromatic carbocycles. The molecule has 1 aliphatic carbocycles. The molecule has 2 aromatic rings. The molecule has 8 heteroatoms. The topological polar surface area (TPSA) is 71.9 Å². The highest BCUT2D eigenvalue weighted by atomic mass is 32.2. The number of aryl methyl sites for hydroxylation is 2. The molecule has 0 amide bonds. The Balaban J connectivity index is 1.39. The number of hydrogen-bond donors (Lipinski definition) is 0. The predicted molar refractivity (Wildman–Crippen MR) is 129 cm³/mol. The van der Waals surface area contributed by atoms with E-state index in [1.807, 2.05) is 13.0 Å². The Morgan fingerprint density at radius 1 is 1.03 bits per heavy atom. The van der Waals surface area contributed by atoms with E-state index in [0.29, 0.717) is 44.5 Å². The molecule has 0 unspecified atom stereocenters. The number of piperazine rings is 1.